The smallest absolute Gasteiger partial charge is 0.199 e. The Morgan fingerprint density at radius 2 is 1.86 bits per heavy atom. The fourth-order valence-electron chi connectivity index (χ4n) is 2.15. The SMILES string of the molecule is CC[C@H](OC)Oc1cc(CC(CI)C(C)C)ccc1OC. The number of rotatable bonds is 9. The first-order valence-corrected chi connectivity index (χ1v) is 9.00. The summed E-state index contributed by atoms with van der Waals surface area (Å²) < 4.78 is 17.8. The van der Waals surface area contributed by atoms with Crippen molar-refractivity contribution in [3.8, 4) is 11.5 Å². The van der Waals surface area contributed by atoms with Crippen LogP contribution in [0.3, 0.4) is 0 Å². The van der Waals surface area contributed by atoms with E-state index in [0.717, 1.165) is 28.8 Å². The predicted octanol–water partition coefficient (Wildman–Crippen LogP) is 4.71. The third-order valence-electron chi connectivity index (χ3n) is 3.72. The van der Waals surface area contributed by atoms with Crippen molar-refractivity contribution < 1.29 is 14.2 Å². The van der Waals surface area contributed by atoms with Gasteiger partial charge in [-0.05, 0) is 36.0 Å². The van der Waals surface area contributed by atoms with Crippen molar-refractivity contribution in [1.29, 1.82) is 0 Å². The van der Waals surface area contributed by atoms with Crippen LogP contribution in [-0.4, -0.2) is 24.9 Å². The fourth-order valence-corrected chi connectivity index (χ4v) is 3.48. The zero-order chi connectivity index (χ0) is 15.8. The van der Waals surface area contributed by atoms with Crippen LogP contribution in [0.5, 0.6) is 11.5 Å². The maximum absolute atomic E-state index is 5.90. The maximum Gasteiger partial charge on any atom is 0.199 e. The van der Waals surface area contributed by atoms with Crippen LogP contribution in [0.25, 0.3) is 0 Å². The van der Waals surface area contributed by atoms with Crippen molar-refractivity contribution in [3.05, 3.63) is 23.8 Å². The Balaban J connectivity index is 2.93. The van der Waals surface area contributed by atoms with Crippen molar-refractivity contribution in [1.82, 2.24) is 0 Å². The molecule has 0 aliphatic heterocycles. The highest BCUT2D eigenvalue weighted by Crippen LogP contribution is 2.31. The predicted molar refractivity (Wildman–Crippen MR) is 95.6 cm³/mol. The molecule has 0 aliphatic carbocycles. The van der Waals surface area contributed by atoms with Crippen molar-refractivity contribution in [3.63, 3.8) is 0 Å². The number of hydrogen-bond donors (Lipinski definition) is 0. The molecular weight excluding hydrogens is 379 g/mol. The molecule has 4 heteroatoms. The van der Waals surface area contributed by atoms with E-state index in [9.17, 15) is 0 Å². The Morgan fingerprint density at radius 1 is 1.14 bits per heavy atom. The molecule has 0 aromatic heterocycles. The molecule has 3 nitrogen and oxygen atoms in total. The number of ether oxygens (including phenoxy) is 3. The van der Waals surface area contributed by atoms with Crippen molar-refractivity contribution in [2.45, 2.75) is 39.9 Å². The molecule has 2 atom stereocenters. The highest BCUT2D eigenvalue weighted by molar-refractivity contribution is 14.1. The lowest BCUT2D eigenvalue weighted by Gasteiger charge is -2.21. The van der Waals surface area contributed by atoms with Crippen molar-refractivity contribution in [2.75, 3.05) is 18.6 Å². The largest absolute Gasteiger partial charge is 0.493 e. The average Bonchev–Trinajstić information content (AvgIpc) is 2.49. The summed E-state index contributed by atoms with van der Waals surface area (Å²) in [5, 5.41) is 0. The van der Waals surface area contributed by atoms with Gasteiger partial charge in [0.1, 0.15) is 0 Å². The van der Waals surface area contributed by atoms with E-state index in [1.807, 2.05) is 13.0 Å². The average molecular weight is 406 g/mol. The third-order valence-corrected chi connectivity index (χ3v) is 4.85. The Kier molecular flexibility index (Phi) is 8.41. The first-order valence-electron chi connectivity index (χ1n) is 7.47. The van der Waals surface area contributed by atoms with Crippen LogP contribution < -0.4 is 9.47 Å². The lowest BCUT2D eigenvalue weighted by molar-refractivity contribution is -0.0560. The van der Waals surface area contributed by atoms with E-state index in [4.69, 9.17) is 14.2 Å². The first kappa shape index (κ1) is 18.6. The molecular formula is C17H27IO3. The van der Waals surface area contributed by atoms with E-state index in [0.29, 0.717) is 11.8 Å². The van der Waals surface area contributed by atoms with Gasteiger partial charge in [0.2, 0.25) is 0 Å². The Hall–Kier alpha value is -0.490. The molecule has 0 bridgehead atoms. The first-order chi connectivity index (χ1) is 10.0. The summed E-state index contributed by atoms with van der Waals surface area (Å²) in [4.78, 5) is 0. The minimum Gasteiger partial charge on any atom is -0.493 e. The molecule has 0 spiro atoms. The number of alkyl halides is 1. The van der Waals surface area contributed by atoms with Gasteiger partial charge in [0.25, 0.3) is 0 Å². The molecule has 1 aromatic rings. The van der Waals surface area contributed by atoms with Crippen LogP contribution in [0, 0.1) is 11.8 Å². The maximum atomic E-state index is 5.90. The van der Waals surface area contributed by atoms with Gasteiger partial charge in [-0.15, -0.1) is 0 Å². The third kappa shape index (κ3) is 5.66. The van der Waals surface area contributed by atoms with E-state index >= 15 is 0 Å². The Bertz CT molecular complexity index is 416. The fraction of sp³-hybridized carbons (Fsp3) is 0.647. The van der Waals surface area contributed by atoms with E-state index in [1.54, 1.807) is 14.2 Å². The summed E-state index contributed by atoms with van der Waals surface area (Å²) in [6.07, 6.45) is 1.62. The van der Waals surface area contributed by atoms with Crippen LogP contribution in [0.2, 0.25) is 0 Å². The van der Waals surface area contributed by atoms with Crippen LogP contribution in [0.15, 0.2) is 18.2 Å². The second kappa shape index (κ2) is 9.51. The van der Waals surface area contributed by atoms with Gasteiger partial charge in [0, 0.05) is 18.0 Å². The van der Waals surface area contributed by atoms with Gasteiger partial charge in [-0.3, -0.25) is 0 Å². The molecule has 0 saturated carbocycles. The van der Waals surface area contributed by atoms with Gasteiger partial charge in [0.15, 0.2) is 17.8 Å². The highest BCUT2D eigenvalue weighted by atomic mass is 127. The molecule has 0 N–H and O–H groups in total. The summed E-state index contributed by atoms with van der Waals surface area (Å²) >= 11 is 2.47. The molecule has 1 aromatic carbocycles. The van der Waals surface area contributed by atoms with Crippen molar-refractivity contribution in [2.24, 2.45) is 11.8 Å². The molecule has 0 radical (unpaired) electrons. The van der Waals surface area contributed by atoms with Gasteiger partial charge >= 0.3 is 0 Å². The molecule has 0 heterocycles. The molecule has 0 fully saturated rings. The summed E-state index contributed by atoms with van der Waals surface area (Å²) in [5.74, 6) is 2.87. The summed E-state index contributed by atoms with van der Waals surface area (Å²) in [5.41, 5.74) is 1.28. The number of benzene rings is 1. The molecule has 0 aliphatic rings. The molecule has 1 unspecified atom stereocenters. The summed E-state index contributed by atoms with van der Waals surface area (Å²) in [6, 6.07) is 6.20. The monoisotopic (exact) mass is 406 g/mol. The van der Waals surface area contributed by atoms with E-state index in [-0.39, 0.29) is 6.29 Å². The minimum atomic E-state index is -0.236. The zero-order valence-electron chi connectivity index (χ0n) is 13.7. The molecule has 1 rings (SSSR count). The lowest BCUT2D eigenvalue weighted by atomic mass is 9.91. The number of halogens is 1. The van der Waals surface area contributed by atoms with Crippen LogP contribution in [-0.2, 0) is 11.2 Å². The molecule has 0 saturated heterocycles. The zero-order valence-corrected chi connectivity index (χ0v) is 15.8. The van der Waals surface area contributed by atoms with Gasteiger partial charge in [-0.1, -0.05) is 49.4 Å². The quantitative estimate of drug-likeness (QED) is 0.338. The van der Waals surface area contributed by atoms with Gasteiger partial charge < -0.3 is 14.2 Å². The van der Waals surface area contributed by atoms with E-state index < -0.39 is 0 Å². The van der Waals surface area contributed by atoms with Gasteiger partial charge in [-0.2, -0.15) is 0 Å². The topological polar surface area (TPSA) is 27.7 Å². The second-order valence-corrected chi connectivity index (χ2v) is 6.42. The van der Waals surface area contributed by atoms with E-state index in [1.165, 1.54) is 5.56 Å². The highest BCUT2D eigenvalue weighted by Gasteiger charge is 2.16. The molecule has 120 valence electrons. The minimum absolute atomic E-state index is 0.236. The second-order valence-electron chi connectivity index (χ2n) is 5.54. The lowest BCUT2D eigenvalue weighted by Crippen LogP contribution is -2.18. The normalized spacial score (nSPS) is 14.0. The Morgan fingerprint density at radius 3 is 2.33 bits per heavy atom. The molecule has 21 heavy (non-hydrogen) atoms. The number of methoxy groups -OCH3 is 2. The molecule has 0 amide bonds. The van der Waals surface area contributed by atoms with Crippen LogP contribution >= 0.6 is 22.6 Å². The van der Waals surface area contributed by atoms with E-state index in [2.05, 4.69) is 48.6 Å². The number of hydrogen-bond acceptors (Lipinski definition) is 3. The summed E-state index contributed by atoms with van der Waals surface area (Å²) in [6.45, 7) is 6.60. The standard InChI is InChI=1S/C17H27IO3/c1-6-17(20-5)21-16-10-13(7-8-15(16)19-4)9-14(11-18)12(2)3/h7-8,10,12,14,17H,6,9,11H2,1-5H3/t14?,17-/m1/s1. The van der Waals surface area contributed by atoms with Crippen molar-refractivity contribution >= 4 is 22.6 Å². The van der Waals surface area contributed by atoms with Gasteiger partial charge in [0.05, 0.1) is 7.11 Å². The summed E-state index contributed by atoms with van der Waals surface area (Å²) in [7, 11) is 3.33. The Labute approximate surface area is 142 Å². The van der Waals surface area contributed by atoms with Crippen LogP contribution in [0.4, 0.5) is 0 Å². The van der Waals surface area contributed by atoms with Gasteiger partial charge in [-0.25, -0.2) is 0 Å². The van der Waals surface area contributed by atoms with Crippen LogP contribution in [0.1, 0.15) is 32.8 Å².